The first-order valence-electron chi connectivity index (χ1n) is 6.14. The molecule has 1 heterocycles. The second-order valence-corrected chi connectivity index (χ2v) is 4.53. The molecule has 0 aliphatic carbocycles. The summed E-state index contributed by atoms with van der Waals surface area (Å²) < 4.78 is 11.5. The van der Waals surface area contributed by atoms with E-state index in [1.165, 1.54) is 6.42 Å². The summed E-state index contributed by atoms with van der Waals surface area (Å²) in [5, 5.41) is 3.14. The molecule has 90 valence electrons. The molecule has 0 bridgehead atoms. The highest BCUT2D eigenvalue weighted by molar-refractivity contribution is 4.73. The molecular formula is C12H25NO2. The molecule has 3 nitrogen and oxygen atoms in total. The molecule has 1 aliphatic rings. The van der Waals surface area contributed by atoms with Crippen molar-refractivity contribution in [1.29, 1.82) is 0 Å². The van der Waals surface area contributed by atoms with Crippen LogP contribution in [0.3, 0.4) is 0 Å². The molecule has 1 aliphatic heterocycles. The van der Waals surface area contributed by atoms with Crippen molar-refractivity contribution in [3.63, 3.8) is 0 Å². The van der Waals surface area contributed by atoms with Gasteiger partial charge in [0.2, 0.25) is 0 Å². The van der Waals surface area contributed by atoms with Gasteiger partial charge in [-0.1, -0.05) is 0 Å². The standard InChI is InChI=1S/C12H25NO2/c1-10-8-12(9-11(2)15-10)14-7-5-4-6-13-3/h10-13H,4-9H2,1-3H3. The molecule has 2 atom stereocenters. The van der Waals surface area contributed by atoms with Crippen LogP contribution >= 0.6 is 0 Å². The van der Waals surface area contributed by atoms with Gasteiger partial charge in [0.05, 0.1) is 18.3 Å². The minimum absolute atomic E-state index is 0.357. The van der Waals surface area contributed by atoms with Gasteiger partial charge in [0.15, 0.2) is 0 Å². The largest absolute Gasteiger partial charge is 0.378 e. The highest BCUT2D eigenvalue weighted by atomic mass is 16.5. The summed E-state index contributed by atoms with van der Waals surface area (Å²) in [6.45, 7) is 6.25. The Morgan fingerprint density at radius 1 is 1.20 bits per heavy atom. The molecule has 2 unspecified atom stereocenters. The van der Waals surface area contributed by atoms with E-state index in [1.54, 1.807) is 0 Å². The van der Waals surface area contributed by atoms with Gasteiger partial charge in [0.25, 0.3) is 0 Å². The molecule has 0 aromatic heterocycles. The van der Waals surface area contributed by atoms with E-state index < -0.39 is 0 Å². The molecule has 0 radical (unpaired) electrons. The van der Waals surface area contributed by atoms with E-state index in [0.717, 1.165) is 32.4 Å². The molecular weight excluding hydrogens is 190 g/mol. The molecule has 15 heavy (non-hydrogen) atoms. The molecule has 0 spiro atoms. The van der Waals surface area contributed by atoms with Crippen LogP contribution in [0.5, 0.6) is 0 Å². The number of unbranched alkanes of at least 4 members (excludes halogenated alkanes) is 1. The number of nitrogens with one attached hydrogen (secondary N) is 1. The molecule has 0 aromatic rings. The van der Waals surface area contributed by atoms with E-state index in [2.05, 4.69) is 19.2 Å². The Balaban J connectivity index is 2.04. The molecule has 3 heteroatoms. The maximum Gasteiger partial charge on any atom is 0.0624 e. The van der Waals surface area contributed by atoms with Crippen molar-refractivity contribution < 1.29 is 9.47 Å². The predicted molar refractivity (Wildman–Crippen MR) is 62.1 cm³/mol. The third-order valence-electron chi connectivity index (χ3n) is 2.83. The summed E-state index contributed by atoms with van der Waals surface area (Å²) in [6, 6.07) is 0. The Morgan fingerprint density at radius 2 is 1.87 bits per heavy atom. The van der Waals surface area contributed by atoms with E-state index >= 15 is 0 Å². The van der Waals surface area contributed by atoms with Crippen LogP contribution in [0.1, 0.15) is 39.5 Å². The molecule has 1 fully saturated rings. The fourth-order valence-corrected chi connectivity index (χ4v) is 2.13. The summed E-state index contributed by atoms with van der Waals surface area (Å²) >= 11 is 0. The molecule has 0 aromatic carbocycles. The van der Waals surface area contributed by atoms with E-state index in [4.69, 9.17) is 9.47 Å². The number of hydrogen-bond donors (Lipinski definition) is 1. The van der Waals surface area contributed by atoms with Gasteiger partial charge in [-0.05, 0) is 53.1 Å². The summed E-state index contributed by atoms with van der Waals surface area (Å²) in [4.78, 5) is 0. The minimum atomic E-state index is 0.357. The van der Waals surface area contributed by atoms with Gasteiger partial charge in [-0.2, -0.15) is 0 Å². The SMILES string of the molecule is CNCCCCOC1CC(C)OC(C)C1. The summed E-state index contributed by atoms with van der Waals surface area (Å²) in [6.07, 6.45) is 5.59. The highest BCUT2D eigenvalue weighted by Gasteiger charge is 2.24. The van der Waals surface area contributed by atoms with Gasteiger partial charge in [-0.15, -0.1) is 0 Å². The predicted octanol–water partition coefficient (Wildman–Crippen LogP) is 1.96. The molecule has 0 saturated carbocycles. The summed E-state index contributed by atoms with van der Waals surface area (Å²) in [7, 11) is 1.99. The lowest BCUT2D eigenvalue weighted by atomic mass is 10.0. The maximum absolute atomic E-state index is 5.86. The quantitative estimate of drug-likeness (QED) is 0.687. The smallest absolute Gasteiger partial charge is 0.0624 e. The average Bonchev–Trinajstić information content (AvgIpc) is 2.16. The van der Waals surface area contributed by atoms with Gasteiger partial charge >= 0.3 is 0 Å². The molecule has 1 rings (SSSR count). The Morgan fingerprint density at radius 3 is 2.47 bits per heavy atom. The second-order valence-electron chi connectivity index (χ2n) is 4.53. The van der Waals surface area contributed by atoms with Gasteiger partial charge in [-0.3, -0.25) is 0 Å². The average molecular weight is 215 g/mol. The zero-order chi connectivity index (χ0) is 11.1. The van der Waals surface area contributed by atoms with Gasteiger partial charge in [0.1, 0.15) is 0 Å². The highest BCUT2D eigenvalue weighted by Crippen LogP contribution is 2.21. The minimum Gasteiger partial charge on any atom is -0.378 e. The van der Waals surface area contributed by atoms with Gasteiger partial charge in [-0.25, -0.2) is 0 Å². The topological polar surface area (TPSA) is 30.5 Å². The van der Waals surface area contributed by atoms with Crippen molar-refractivity contribution in [2.75, 3.05) is 20.2 Å². The monoisotopic (exact) mass is 215 g/mol. The van der Waals surface area contributed by atoms with Crippen molar-refractivity contribution in [2.45, 2.75) is 57.8 Å². The van der Waals surface area contributed by atoms with Crippen LogP contribution in [-0.2, 0) is 9.47 Å². The van der Waals surface area contributed by atoms with Crippen LogP contribution in [-0.4, -0.2) is 38.5 Å². The van der Waals surface area contributed by atoms with E-state index in [9.17, 15) is 0 Å². The van der Waals surface area contributed by atoms with Gasteiger partial charge < -0.3 is 14.8 Å². The lowest BCUT2D eigenvalue weighted by molar-refractivity contribution is -0.102. The first-order valence-corrected chi connectivity index (χ1v) is 6.14. The van der Waals surface area contributed by atoms with Crippen molar-refractivity contribution in [3.8, 4) is 0 Å². The third-order valence-corrected chi connectivity index (χ3v) is 2.83. The fourth-order valence-electron chi connectivity index (χ4n) is 2.13. The van der Waals surface area contributed by atoms with Crippen LogP contribution in [0, 0.1) is 0 Å². The van der Waals surface area contributed by atoms with E-state index in [-0.39, 0.29) is 0 Å². The normalized spacial score (nSPS) is 31.8. The van der Waals surface area contributed by atoms with Crippen molar-refractivity contribution in [2.24, 2.45) is 0 Å². The molecule has 1 N–H and O–H groups in total. The van der Waals surface area contributed by atoms with E-state index in [0.29, 0.717) is 18.3 Å². The van der Waals surface area contributed by atoms with Crippen molar-refractivity contribution in [3.05, 3.63) is 0 Å². The Kier molecular flexibility index (Phi) is 6.22. The second kappa shape index (κ2) is 7.20. The lowest BCUT2D eigenvalue weighted by Gasteiger charge is -2.32. The maximum atomic E-state index is 5.86. The molecule has 0 amide bonds. The Labute approximate surface area is 93.5 Å². The number of hydrogen-bond acceptors (Lipinski definition) is 3. The zero-order valence-corrected chi connectivity index (χ0v) is 10.3. The van der Waals surface area contributed by atoms with Gasteiger partial charge in [0, 0.05) is 6.61 Å². The van der Waals surface area contributed by atoms with E-state index in [1.807, 2.05) is 7.05 Å². The van der Waals surface area contributed by atoms with Crippen molar-refractivity contribution >= 4 is 0 Å². The Bertz CT molecular complexity index is 154. The zero-order valence-electron chi connectivity index (χ0n) is 10.3. The summed E-state index contributed by atoms with van der Waals surface area (Å²) in [5.74, 6) is 0. The molecule has 1 saturated heterocycles. The van der Waals surface area contributed by atoms with Crippen LogP contribution in [0.25, 0.3) is 0 Å². The first kappa shape index (κ1) is 12.9. The van der Waals surface area contributed by atoms with Crippen LogP contribution < -0.4 is 5.32 Å². The number of ether oxygens (including phenoxy) is 2. The Hall–Kier alpha value is -0.120. The van der Waals surface area contributed by atoms with Crippen LogP contribution in [0.2, 0.25) is 0 Å². The third kappa shape index (κ3) is 5.50. The summed E-state index contributed by atoms with van der Waals surface area (Å²) in [5.41, 5.74) is 0. The number of rotatable bonds is 6. The fraction of sp³-hybridized carbons (Fsp3) is 1.00. The van der Waals surface area contributed by atoms with Crippen molar-refractivity contribution in [1.82, 2.24) is 5.32 Å². The first-order chi connectivity index (χ1) is 7.22. The van der Waals surface area contributed by atoms with Crippen LogP contribution in [0.4, 0.5) is 0 Å². The van der Waals surface area contributed by atoms with Crippen LogP contribution in [0.15, 0.2) is 0 Å². The lowest BCUT2D eigenvalue weighted by Crippen LogP contribution is -2.34.